The van der Waals surface area contributed by atoms with Gasteiger partial charge in [-0.2, -0.15) is 5.48 Å². The molecule has 0 aliphatic carbocycles. The standard InChI is InChI=1S/C17H19NO2/c1-17(2,3)20-18-16-12-8-4-6-10-14(12)19-15-11-7-5-9-13(15)16/h4-11,16,18H,1-3H3. The summed E-state index contributed by atoms with van der Waals surface area (Å²) in [7, 11) is 0. The maximum atomic E-state index is 5.94. The molecule has 0 saturated heterocycles. The van der Waals surface area contributed by atoms with E-state index in [0.29, 0.717) is 0 Å². The second kappa shape index (κ2) is 4.93. The summed E-state index contributed by atoms with van der Waals surface area (Å²) >= 11 is 0. The van der Waals surface area contributed by atoms with Crippen LogP contribution in [0.1, 0.15) is 37.9 Å². The molecule has 104 valence electrons. The van der Waals surface area contributed by atoms with E-state index in [9.17, 15) is 0 Å². The molecule has 0 spiro atoms. The Morgan fingerprint density at radius 2 is 1.40 bits per heavy atom. The fraction of sp³-hybridized carbons (Fsp3) is 0.294. The maximum Gasteiger partial charge on any atom is 0.132 e. The molecule has 0 bridgehead atoms. The van der Waals surface area contributed by atoms with Gasteiger partial charge in [-0.1, -0.05) is 36.4 Å². The quantitative estimate of drug-likeness (QED) is 0.829. The molecule has 0 unspecified atom stereocenters. The zero-order valence-corrected chi connectivity index (χ0v) is 12.0. The number of fused-ring (bicyclic) bond motifs is 2. The minimum Gasteiger partial charge on any atom is -0.457 e. The third-order valence-corrected chi connectivity index (χ3v) is 3.16. The van der Waals surface area contributed by atoms with Gasteiger partial charge in [-0.25, -0.2) is 0 Å². The van der Waals surface area contributed by atoms with Gasteiger partial charge in [0.2, 0.25) is 0 Å². The van der Waals surface area contributed by atoms with Crippen LogP contribution in [0.15, 0.2) is 48.5 Å². The third kappa shape index (κ3) is 2.55. The van der Waals surface area contributed by atoms with Crippen LogP contribution >= 0.6 is 0 Å². The molecule has 3 rings (SSSR count). The number of ether oxygens (including phenoxy) is 1. The van der Waals surface area contributed by atoms with Crippen molar-refractivity contribution in [1.29, 1.82) is 0 Å². The van der Waals surface area contributed by atoms with E-state index in [0.717, 1.165) is 22.6 Å². The van der Waals surface area contributed by atoms with E-state index >= 15 is 0 Å². The summed E-state index contributed by atoms with van der Waals surface area (Å²) in [6.07, 6.45) is 0. The smallest absolute Gasteiger partial charge is 0.132 e. The lowest BCUT2D eigenvalue weighted by Crippen LogP contribution is -2.33. The van der Waals surface area contributed by atoms with E-state index in [2.05, 4.69) is 17.6 Å². The molecule has 2 aromatic rings. The van der Waals surface area contributed by atoms with Gasteiger partial charge in [-0.05, 0) is 32.9 Å². The Hall–Kier alpha value is -1.84. The normalized spacial score (nSPS) is 14.3. The molecule has 2 aromatic carbocycles. The second-order valence-corrected chi connectivity index (χ2v) is 5.94. The third-order valence-electron chi connectivity index (χ3n) is 3.16. The van der Waals surface area contributed by atoms with Crippen LogP contribution in [0.3, 0.4) is 0 Å². The van der Waals surface area contributed by atoms with Crippen molar-refractivity contribution < 1.29 is 9.57 Å². The molecular formula is C17H19NO2. The van der Waals surface area contributed by atoms with E-state index in [1.165, 1.54) is 0 Å². The Morgan fingerprint density at radius 3 is 1.90 bits per heavy atom. The Labute approximate surface area is 119 Å². The summed E-state index contributed by atoms with van der Waals surface area (Å²) in [5.41, 5.74) is 5.13. The van der Waals surface area contributed by atoms with Crippen molar-refractivity contribution in [2.24, 2.45) is 0 Å². The Balaban J connectivity index is 1.99. The van der Waals surface area contributed by atoms with Crippen molar-refractivity contribution in [2.75, 3.05) is 0 Å². The molecule has 1 aliphatic heterocycles. The van der Waals surface area contributed by atoms with Gasteiger partial charge in [0.15, 0.2) is 0 Å². The van der Waals surface area contributed by atoms with Gasteiger partial charge in [0.25, 0.3) is 0 Å². The summed E-state index contributed by atoms with van der Waals surface area (Å²) < 4.78 is 5.94. The van der Waals surface area contributed by atoms with Crippen LogP contribution in [0.25, 0.3) is 0 Å². The predicted molar refractivity (Wildman–Crippen MR) is 78.8 cm³/mol. The van der Waals surface area contributed by atoms with Gasteiger partial charge >= 0.3 is 0 Å². The van der Waals surface area contributed by atoms with Crippen molar-refractivity contribution >= 4 is 0 Å². The first-order chi connectivity index (χ1) is 9.54. The highest BCUT2D eigenvalue weighted by Crippen LogP contribution is 2.42. The fourth-order valence-electron chi connectivity index (χ4n) is 2.27. The summed E-state index contributed by atoms with van der Waals surface area (Å²) in [4.78, 5) is 5.78. The van der Waals surface area contributed by atoms with Crippen LogP contribution in [0, 0.1) is 0 Å². The van der Waals surface area contributed by atoms with Crippen LogP contribution in [-0.4, -0.2) is 5.60 Å². The maximum absolute atomic E-state index is 5.94. The molecular weight excluding hydrogens is 250 g/mol. The second-order valence-electron chi connectivity index (χ2n) is 5.94. The highest BCUT2D eigenvalue weighted by molar-refractivity contribution is 5.52. The average Bonchev–Trinajstić information content (AvgIpc) is 2.42. The van der Waals surface area contributed by atoms with Gasteiger partial charge in [-0.15, -0.1) is 0 Å². The van der Waals surface area contributed by atoms with E-state index in [1.54, 1.807) is 0 Å². The van der Waals surface area contributed by atoms with Gasteiger partial charge < -0.3 is 4.74 Å². The topological polar surface area (TPSA) is 30.5 Å². The van der Waals surface area contributed by atoms with Crippen LogP contribution in [0.2, 0.25) is 0 Å². The van der Waals surface area contributed by atoms with Crippen molar-refractivity contribution in [3.8, 4) is 11.5 Å². The summed E-state index contributed by atoms with van der Waals surface area (Å²) in [5.74, 6) is 1.75. The first kappa shape index (κ1) is 13.2. The molecule has 0 amide bonds. The van der Waals surface area contributed by atoms with E-state index in [1.807, 2.05) is 57.2 Å². The Morgan fingerprint density at radius 1 is 0.900 bits per heavy atom. The van der Waals surface area contributed by atoms with Gasteiger partial charge in [0, 0.05) is 11.1 Å². The van der Waals surface area contributed by atoms with Crippen molar-refractivity contribution in [3.63, 3.8) is 0 Å². The lowest BCUT2D eigenvalue weighted by molar-refractivity contribution is -0.0845. The number of nitrogens with one attached hydrogen (secondary N) is 1. The molecule has 0 atom stereocenters. The number of hydroxylamine groups is 1. The molecule has 1 N–H and O–H groups in total. The lowest BCUT2D eigenvalue weighted by atomic mass is 9.95. The van der Waals surface area contributed by atoms with E-state index in [4.69, 9.17) is 9.57 Å². The minimum absolute atomic E-state index is 0.0182. The summed E-state index contributed by atoms with van der Waals surface area (Å²) in [5, 5.41) is 0. The van der Waals surface area contributed by atoms with Gasteiger partial charge in [-0.3, -0.25) is 4.84 Å². The molecule has 0 radical (unpaired) electrons. The van der Waals surface area contributed by atoms with Crippen LogP contribution in [0.5, 0.6) is 11.5 Å². The van der Waals surface area contributed by atoms with Crippen molar-refractivity contribution in [2.45, 2.75) is 32.4 Å². The number of rotatable bonds is 2. The minimum atomic E-state index is -0.248. The molecule has 20 heavy (non-hydrogen) atoms. The monoisotopic (exact) mass is 269 g/mol. The summed E-state index contributed by atoms with van der Waals surface area (Å²) in [6.45, 7) is 6.07. The molecule has 3 nitrogen and oxygen atoms in total. The average molecular weight is 269 g/mol. The highest BCUT2D eigenvalue weighted by Gasteiger charge is 2.28. The Kier molecular flexibility index (Phi) is 3.24. The largest absolute Gasteiger partial charge is 0.457 e. The van der Waals surface area contributed by atoms with Crippen molar-refractivity contribution in [1.82, 2.24) is 5.48 Å². The highest BCUT2D eigenvalue weighted by atomic mass is 16.7. The SMILES string of the molecule is CC(C)(C)ONC1c2ccccc2Oc2ccccc21. The van der Waals surface area contributed by atoms with E-state index in [-0.39, 0.29) is 11.6 Å². The van der Waals surface area contributed by atoms with Crippen molar-refractivity contribution in [3.05, 3.63) is 59.7 Å². The van der Waals surface area contributed by atoms with Crippen LogP contribution in [-0.2, 0) is 4.84 Å². The van der Waals surface area contributed by atoms with Gasteiger partial charge in [0.1, 0.15) is 11.5 Å². The van der Waals surface area contributed by atoms with Crippen LogP contribution in [0.4, 0.5) is 0 Å². The number of benzene rings is 2. The fourth-order valence-corrected chi connectivity index (χ4v) is 2.27. The number of para-hydroxylation sites is 2. The van der Waals surface area contributed by atoms with Gasteiger partial charge in [0.05, 0.1) is 11.6 Å². The predicted octanol–water partition coefficient (Wildman–Crippen LogP) is 4.20. The zero-order valence-electron chi connectivity index (χ0n) is 12.0. The molecule has 0 fully saturated rings. The summed E-state index contributed by atoms with van der Waals surface area (Å²) in [6, 6.07) is 16.1. The van der Waals surface area contributed by atoms with Crippen LogP contribution < -0.4 is 10.2 Å². The zero-order chi connectivity index (χ0) is 14.2. The molecule has 0 aromatic heterocycles. The molecule has 3 heteroatoms. The first-order valence-electron chi connectivity index (χ1n) is 6.84. The number of hydrogen-bond donors (Lipinski definition) is 1. The molecule has 0 saturated carbocycles. The number of hydrogen-bond acceptors (Lipinski definition) is 3. The van der Waals surface area contributed by atoms with E-state index < -0.39 is 0 Å². The molecule has 1 aliphatic rings. The first-order valence-corrected chi connectivity index (χ1v) is 6.84. The Bertz CT molecular complexity index is 571. The molecule has 1 heterocycles. The lowest BCUT2D eigenvalue weighted by Gasteiger charge is -2.31.